The summed E-state index contributed by atoms with van der Waals surface area (Å²) in [5.41, 5.74) is 0.420. The van der Waals surface area contributed by atoms with Gasteiger partial charge < -0.3 is 4.74 Å². The van der Waals surface area contributed by atoms with Crippen LogP contribution in [0.4, 0.5) is 26.3 Å². The Balaban J connectivity index is 2.77. The summed E-state index contributed by atoms with van der Waals surface area (Å²) in [5.74, 6) is 0.0678. The van der Waals surface area contributed by atoms with Crippen LogP contribution in [-0.2, 0) is 4.74 Å². The van der Waals surface area contributed by atoms with Crippen LogP contribution in [0.25, 0.3) is 6.08 Å². The molecule has 0 bridgehead atoms. The molecule has 0 aliphatic rings. The zero-order valence-corrected chi connectivity index (χ0v) is 10.8. The van der Waals surface area contributed by atoms with E-state index in [-0.39, 0.29) is 5.75 Å². The molecule has 2 nitrogen and oxygen atoms in total. The SMILES string of the molecule is C=Cc1ccccc1OC(C)OC(F)(F)C(F)C(F)(F)F. The molecule has 0 aliphatic heterocycles. The first-order valence-corrected chi connectivity index (χ1v) is 5.72. The average Bonchev–Trinajstić information content (AvgIpc) is 2.36. The Morgan fingerprint density at radius 3 is 2.24 bits per heavy atom. The first kappa shape index (κ1) is 17.4. The highest BCUT2D eigenvalue weighted by atomic mass is 19.4. The molecule has 0 amide bonds. The summed E-state index contributed by atoms with van der Waals surface area (Å²) >= 11 is 0. The lowest BCUT2D eigenvalue weighted by molar-refractivity contribution is -0.363. The molecule has 2 atom stereocenters. The molecule has 0 heterocycles. The molecule has 21 heavy (non-hydrogen) atoms. The Morgan fingerprint density at radius 2 is 1.71 bits per heavy atom. The number of halogens is 6. The van der Waals surface area contributed by atoms with Gasteiger partial charge in [-0.15, -0.1) is 0 Å². The van der Waals surface area contributed by atoms with Gasteiger partial charge in [-0.25, -0.2) is 4.39 Å². The Hall–Kier alpha value is -1.70. The van der Waals surface area contributed by atoms with Gasteiger partial charge >= 0.3 is 12.3 Å². The molecule has 0 saturated carbocycles. The highest BCUT2D eigenvalue weighted by Crippen LogP contribution is 2.36. The maximum Gasteiger partial charge on any atom is 0.428 e. The molecule has 0 spiro atoms. The number of hydrogen-bond donors (Lipinski definition) is 0. The molecule has 0 aromatic heterocycles. The fraction of sp³-hybridized carbons (Fsp3) is 0.385. The van der Waals surface area contributed by atoms with Crippen LogP contribution >= 0.6 is 0 Å². The molecule has 8 heteroatoms. The van der Waals surface area contributed by atoms with Crippen molar-refractivity contribution < 1.29 is 35.8 Å². The largest absolute Gasteiger partial charge is 0.464 e. The van der Waals surface area contributed by atoms with E-state index in [0.717, 1.165) is 6.92 Å². The maximum absolute atomic E-state index is 13.0. The molecule has 0 aliphatic carbocycles. The van der Waals surface area contributed by atoms with E-state index in [1.807, 2.05) is 0 Å². The number of ether oxygens (including phenoxy) is 2. The van der Waals surface area contributed by atoms with Crippen LogP contribution in [0.1, 0.15) is 12.5 Å². The summed E-state index contributed by atoms with van der Waals surface area (Å²) < 4.78 is 83.3. The second-order valence-corrected chi connectivity index (χ2v) is 4.01. The summed E-state index contributed by atoms with van der Waals surface area (Å²) in [6, 6.07) is 6.05. The highest BCUT2D eigenvalue weighted by Gasteiger charge is 2.59. The standard InChI is InChI=1S/C13H12F6O2/c1-3-9-6-4-5-7-10(9)20-8(2)21-13(18,19)11(14)12(15,16)17/h3-8,11H,1H2,2H3. The monoisotopic (exact) mass is 314 g/mol. The van der Waals surface area contributed by atoms with Crippen molar-refractivity contribution in [3.63, 3.8) is 0 Å². The highest BCUT2D eigenvalue weighted by molar-refractivity contribution is 5.55. The molecule has 118 valence electrons. The van der Waals surface area contributed by atoms with Crippen LogP contribution in [0.15, 0.2) is 30.8 Å². The van der Waals surface area contributed by atoms with E-state index in [2.05, 4.69) is 11.3 Å². The van der Waals surface area contributed by atoms with E-state index in [4.69, 9.17) is 4.74 Å². The van der Waals surface area contributed by atoms with Crippen LogP contribution in [0, 0.1) is 0 Å². The number of alkyl halides is 6. The predicted octanol–water partition coefficient (Wildman–Crippen LogP) is 4.56. The fourth-order valence-electron chi connectivity index (χ4n) is 1.43. The van der Waals surface area contributed by atoms with Gasteiger partial charge in [0.05, 0.1) is 0 Å². The van der Waals surface area contributed by atoms with Crippen molar-refractivity contribution in [1.82, 2.24) is 0 Å². The number of benzene rings is 1. The average molecular weight is 314 g/mol. The number of hydrogen-bond acceptors (Lipinski definition) is 2. The molecule has 0 radical (unpaired) electrons. The number of rotatable bonds is 6. The zero-order valence-electron chi connectivity index (χ0n) is 10.8. The van der Waals surface area contributed by atoms with Crippen LogP contribution < -0.4 is 4.74 Å². The Kier molecular flexibility index (Phi) is 5.27. The van der Waals surface area contributed by atoms with Crippen molar-refractivity contribution in [3.8, 4) is 5.75 Å². The summed E-state index contributed by atoms with van der Waals surface area (Å²) in [5, 5.41) is 0. The third kappa shape index (κ3) is 4.66. The van der Waals surface area contributed by atoms with Crippen molar-refractivity contribution in [2.75, 3.05) is 0 Å². The number of para-hydroxylation sites is 1. The summed E-state index contributed by atoms with van der Waals surface area (Å²) in [4.78, 5) is 0. The predicted molar refractivity (Wildman–Crippen MR) is 63.6 cm³/mol. The second kappa shape index (κ2) is 6.38. The van der Waals surface area contributed by atoms with E-state index in [1.165, 1.54) is 18.2 Å². The molecule has 2 unspecified atom stereocenters. The third-order valence-corrected chi connectivity index (χ3v) is 2.34. The normalized spacial score (nSPS) is 15.4. The lowest BCUT2D eigenvalue weighted by atomic mass is 10.2. The molecular weight excluding hydrogens is 302 g/mol. The van der Waals surface area contributed by atoms with E-state index in [0.29, 0.717) is 5.56 Å². The van der Waals surface area contributed by atoms with Gasteiger partial charge in [0.25, 0.3) is 6.17 Å². The molecular formula is C13H12F6O2. The first-order valence-electron chi connectivity index (χ1n) is 5.72. The Labute approximate surface area is 117 Å². The van der Waals surface area contributed by atoms with Crippen LogP contribution in [0.2, 0.25) is 0 Å². The molecule has 0 fully saturated rings. The Bertz CT molecular complexity index is 486. The van der Waals surface area contributed by atoms with Gasteiger partial charge in [-0.3, -0.25) is 4.74 Å². The lowest BCUT2D eigenvalue weighted by Gasteiger charge is -2.26. The van der Waals surface area contributed by atoms with Gasteiger partial charge in [-0.2, -0.15) is 22.0 Å². The van der Waals surface area contributed by atoms with Gasteiger partial charge in [0.2, 0.25) is 6.29 Å². The van der Waals surface area contributed by atoms with Crippen LogP contribution in [0.3, 0.4) is 0 Å². The molecule has 0 saturated heterocycles. The second-order valence-electron chi connectivity index (χ2n) is 4.01. The van der Waals surface area contributed by atoms with Gasteiger partial charge in [-0.1, -0.05) is 30.9 Å². The van der Waals surface area contributed by atoms with Crippen LogP contribution in [-0.4, -0.2) is 24.7 Å². The minimum absolute atomic E-state index is 0.0678. The van der Waals surface area contributed by atoms with Gasteiger partial charge in [0.1, 0.15) is 5.75 Å². The zero-order chi connectivity index (χ0) is 16.3. The molecule has 1 aromatic carbocycles. The van der Waals surface area contributed by atoms with Crippen molar-refractivity contribution in [2.45, 2.75) is 31.7 Å². The maximum atomic E-state index is 13.0. The first-order chi connectivity index (χ1) is 9.58. The molecule has 0 N–H and O–H groups in total. The summed E-state index contributed by atoms with van der Waals surface area (Å²) in [6.07, 6.45) is -15.7. The quantitative estimate of drug-likeness (QED) is 0.566. The fourth-order valence-corrected chi connectivity index (χ4v) is 1.43. The van der Waals surface area contributed by atoms with Gasteiger partial charge in [0.15, 0.2) is 0 Å². The Morgan fingerprint density at radius 1 is 1.14 bits per heavy atom. The lowest BCUT2D eigenvalue weighted by Crippen LogP contribution is -2.46. The molecule has 1 aromatic rings. The van der Waals surface area contributed by atoms with E-state index in [1.54, 1.807) is 12.1 Å². The van der Waals surface area contributed by atoms with Gasteiger partial charge in [-0.05, 0) is 13.0 Å². The summed E-state index contributed by atoms with van der Waals surface area (Å²) in [7, 11) is 0. The summed E-state index contributed by atoms with van der Waals surface area (Å²) in [6.45, 7) is 4.38. The van der Waals surface area contributed by atoms with E-state index in [9.17, 15) is 26.3 Å². The topological polar surface area (TPSA) is 18.5 Å². The van der Waals surface area contributed by atoms with Crippen LogP contribution in [0.5, 0.6) is 5.75 Å². The third-order valence-electron chi connectivity index (χ3n) is 2.34. The molecule has 1 rings (SSSR count). The minimum atomic E-state index is -5.73. The van der Waals surface area contributed by atoms with Crippen molar-refractivity contribution in [1.29, 1.82) is 0 Å². The van der Waals surface area contributed by atoms with Crippen molar-refractivity contribution in [2.24, 2.45) is 0 Å². The minimum Gasteiger partial charge on any atom is -0.464 e. The van der Waals surface area contributed by atoms with Crippen molar-refractivity contribution >= 4 is 6.08 Å². The van der Waals surface area contributed by atoms with Crippen molar-refractivity contribution in [3.05, 3.63) is 36.4 Å². The van der Waals surface area contributed by atoms with Gasteiger partial charge in [0, 0.05) is 5.56 Å². The smallest absolute Gasteiger partial charge is 0.428 e. The van der Waals surface area contributed by atoms with E-state index < -0.39 is 24.7 Å². The van der Waals surface area contributed by atoms with E-state index >= 15 is 0 Å².